The normalized spacial score (nSPS) is 10.1. The molecule has 1 amide bonds. The summed E-state index contributed by atoms with van der Waals surface area (Å²) in [7, 11) is 0. The van der Waals surface area contributed by atoms with Gasteiger partial charge in [0.1, 0.15) is 0 Å². The molecule has 4 aromatic carbocycles. The molecule has 3 heteroatoms. The smallest absolute Gasteiger partial charge is 0.241 e. The molecule has 0 aliphatic heterocycles. The second kappa shape index (κ2) is 5.80. The predicted octanol–water partition coefficient (Wildman–Crippen LogP) is 4.83. The van der Waals surface area contributed by atoms with Crippen LogP contribution in [-0.4, -0.2) is 11.6 Å². The Labute approximate surface area is 127 Å². The number of thiocarbonyl (C=S) groups is 1. The lowest BCUT2D eigenvalue weighted by molar-refractivity contribution is -0.106. The fourth-order valence-corrected chi connectivity index (χ4v) is 2.73. The van der Waals surface area contributed by atoms with Crippen LogP contribution in [0.4, 0.5) is 0 Å². The molecule has 0 saturated heterocycles. The molecule has 0 N–H and O–H groups in total. The molecule has 100 valence electrons. The Morgan fingerprint density at radius 3 is 1.38 bits per heavy atom. The number of nitrogens with zero attached hydrogens (tertiary/aromatic N) is 1. The van der Waals surface area contributed by atoms with E-state index in [0.717, 1.165) is 0 Å². The Morgan fingerprint density at radius 2 is 1.14 bits per heavy atom. The second-order valence-electron chi connectivity index (χ2n) is 4.62. The summed E-state index contributed by atoms with van der Waals surface area (Å²) in [4.78, 5) is 12.0. The first-order valence-electron chi connectivity index (χ1n) is 6.48. The van der Waals surface area contributed by atoms with Gasteiger partial charge < -0.3 is 0 Å². The van der Waals surface area contributed by atoms with Crippen LogP contribution in [0.15, 0.2) is 65.7 Å². The van der Waals surface area contributed by atoms with E-state index in [0.29, 0.717) is 6.41 Å². The van der Waals surface area contributed by atoms with Crippen molar-refractivity contribution in [2.45, 2.75) is 0 Å². The molecule has 0 aliphatic rings. The minimum Gasteiger partial charge on any atom is -0.276 e. The third kappa shape index (κ3) is 2.40. The SMILES string of the molecule is O=CN=C=S.c1cc2ccc3cccc4ccc(c1)c2c34. The largest absolute Gasteiger partial charge is 0.276 e. The van der Waals surface area contributed by atoms with Crippen LogP contribution < -0.4 is 0 Å². The van der Waals surface area contributed by atoms with E-state index in [4.69, 9.17) is 4.79 Å². The Balaban J connectivity index is 0.000000233. The number of amides is 1. The van der Waals surface area contributed by atoms with Crippen molar-refractivity contribution < 1.29 is 4.79 Å². The van der Waals surface area contributed by atoms with Gasteiger partial charge in [0, 0.05) is 0 Å². The van der Waals surface area contributed by atoms with E-state index >= 15 is 0 Å². The number of hydrogen-bond acceptors (Lipinski definition) is 2. The van der Waals surface area contributed by atoms with Gasteiger partial charge in [0.2, 0.25) is 6.41 Å². The highest BCUT2D eigenvalue weighted by molar-refractivity contribution is 7.78. The third-order valence-corrected chi connectivity index (χ3v) is 3.60. The highest BCUT2D eigenvalue weighted by Crippen LogP contribution is 2.33. The number of aliphatic imine (C=N–C) groups is 1. The summed E-state index contributed by atoms with van der Waals surface area (Å²) in [6.07, 6.45) is 0.340. The summed E-state index contributed by atoms with van der Waals surface area (Å²) in [5, 5.41) is 10.00. The molecule has 2 nitrogen and oxygen atoms in total. The Morgan fingerprint density at radius 1 is 0.762 bits per heavy atom. The minimum atomic E-state index is 0.340. The standard InChI is InChI=1S/C16H10.C2HNOS/c1-3-11-7-9-13-5-2-6-14-10-8-12(4-1)15(11)16(13)14;4-1-3-2-5/h1-10H;1H. The van der Waals surface area contributed by atoms with E-state index < -0.39 is 0 Å². The first-order valence-corrected chi connectivity index (χ1v) is 6.89. The summed E-state index contributed by atoms with van der Waals surface area (Å²) >= 11 is 4.00. The molecule has 0 saturated carbocycles. The van der Waals surface area contributed by atoms with Gasteiger partial charge in [-0.15, -0.1) is 0 Å². The van der Waals surface area contributed by atoms with E-state index in [2.05, 4.69) is 77.9 Å². The molecule has 21 heavy (non-hydrogen) atoms. The Hall–Kier alpha value is -2.61. The van der Waals surface area contributed by atoms with E-state index in [-0.39, 0.29) is 0 Å². The number of isothiocyanates is 1. The number of benzene rings is 4. The molecule has 0 bridgehead atoms. The lowest BCUT2D eigenvalue weighted by Gasteiger charge is -2.09. The van der Waals surface area contributed by atoms with Crippen LogP contribution in [0, 0.1) is 0 Å². The quantitative estimate of drug-likeness (QED) is 0.217. The van der Waals surface area contributed by atoms with Gasteiger partial charge in [0.05, 0.1) is 5.16 Å². The molecule has 0 aromatic heterocycles. The van der Waals surface area contributed by atoms with Gasteiger partial charge in [-0.25, -0.2) is 0 Å². The summed E-state index contributed by atoms with van der Waals surface area (Å²) < 4.78 is 0. The second-order valence-corrected chi connectivity index (χ2v) is 4.80. The molecule has 0 aliphatic carbocycles. The maximum absolute atomic E-state index is 9.11. The number of carbonyl (C=O) groups excluding carboxylic acids is 1. The van der Waals surface area contributed by atoms with Gasteiger partial charge in [0.15, 0.2) is 0 Å². The van der Waals surface area contributed by atoms with Crippen molar-refractivity contribution in [3.63, 3.8) is 0 Å². The monoisotopic (exact) mass is 289 g/mol. The summed E-state index contributed by atoms with van der Waals surface area (Å²) in [6.45, 7) is 0. The van der Waals surface area contributed by atoms with Crippen LogP contribution in [0.25, 0.3) is 32.3 Å². The molecule has 0 spiro atoms. The number of hydrogen-bond donors (Lipinski definition) is 0. The van der Waals surface area contributed by atoms with Crippen LogP contribution in [0.3, 0.4) is 0 Å². The Kier molecular flexibility index (Phi) is 3.69. The maximum Gasteiger partial charge on any atom is 0.241 e. The highest BCUT2D eigenvalue weighted by atomic mass is 32.1. The molecule has 4 aromatic rings. The molecule has 4 rings (SSSR count). The molecule has 0 radical (unpaired) electrons. The average molecular weight is 289 g/mol. The number of rotatable bonds is 1. The van der Waals surface area contributed by atoms with Gasteiger partial charge >= 0.3 is 0 Å². The van der Waals surface area contributed by atoms with E-state index in [1.165, 1.54) is 32.3 Å². The first-order chi connectivity index (χ1) is 10.3. The zero-order valence-corrected chi connectivity index (χ0v) is 11.9. The lowest BCUT2D eigenvalue weighted by atomic mass is 9.95. The van der Waals surface area contributed by atoms with Crippen LogP contribution in [-0.2, 0) is 4.79 Å². The summed E-state index contributed by atoms with van der Waals surface area (Å²) in [5.41, 5.74) is 0. The molecule has 0 atom stereocenters. The van der Waals surface area contributed by atoms with Crippen molar-refractivity contribution in [2.24, 2.45) is 4.99 Å². The average Bonchev–Trinajstić information content (AvgIpc) is 2.54. The van der Waals surface area contributed by atoms with Gasteiger partial charge in [0.25, 0.3) is 0 Å². The van der Waals surface area contributed by atoms with Crippen molar-refractivity contribution in [1.29, 1.82) is 0 Å². The third-order valence-electron chi connectivity index (χ3n) is 3.50. The van der Waals surface area contributed by atoms with Crippen molar-refractivity contribution in [3.05, 3.63) is 60.7 Å². The van der Waals surface area contributed by atoms with E-state index in [9.17, 15) is 0 Å². The highest BCUT2D eigenvalue weighted by Gasteiger charge is 2.05. The molecular weight excluding hydrogens is 278 g/mol. The van der Waals surface area contributed by atoms with Crippen LogP contribution in [0.5, 0.6) is 0 Å². The first kappa shape index (κ1) is 13.4. The number of carbonyl (C=O) groups is 1. The topological polar surface area (TPSA) is 29.4 Å². The van der Waals surface area contributed by atoms with Gasteiger partial charge in [-0.3, -0.25) is 4.79 Å². The molecule has 0 unspecified atom stereocenters. The van der Waals surface area contributed by atoms with Crippen molar-refractivity contribution in [3.8, 4) is 0 Å². The maximum atomic E-state index is 9.11. The summed E-state index contributed by atoms with van der Waals surface area (Å²) in [5.74, 6) is 0. The van der Waals surface area contributed by atoms with Crippen molar-refractivity contribution >= 4 is 56.1 Å². The van der Waals surface area contributed by atoms with Gasteiger partial charge in [-0.05, 0) is 44.5 Å². The zero-order valence-electron chi connectivity index (χ0n) is 11.1. The van der Waals surface area contributed by atoms with E-state index in [1.807, 2.05) is 5.16 Å². The fraction of sp³-hybridized carbons (Fsp3) is 0. The molecule has 0 heterocycles. The fourth-order valence-electron chi connectivity index (χ4n) is 2.69. The minimum absolute atomic E-state index is 0.340. The van der Waals surface area contributed by atoms with Crippen LogP contribution in [0.1, 0.15) is 0 Å². The van der Waals surface area contributed by atoms with Crippen LogP contribution in [0.2, 0.25) is 0 Å². The molecular formula is C18H11NOS. The van der Waals surface area contributed by atoms with Gasteiger partial charge in [-0.2, -0.15) is 4.99 Å². The predicted molar refractivity (Wildman–Crippen MR) is 91.2 cm³/mol. The van der Waals surface area contributed by atoms with Crippen LogP contribution >= 0.6 is 12.2 Å². The van der Waals surface area contributed by atoms with Crippen molar-refractivity contribution in [1.82, 2.24) is 0 Å². The van der Waals surface area contributed by atoms with Crippen molar-refractivity contribution in [2.75, 3.05) is 0 Å². The zero-order chi connectivity index (χ0) is 14.7. The Bertz CT molecular complexity index is 841. The lowest BCUT2D eigenvalue weighted by Crippen LogP contribution is -1.82. The summed E-state index contributed by atoms with van der Waals surface area (Å²) in [6, 6.07) is 21.9. The van der Waals surface area contributed by atoms with E-state index in [1.54, 1.807) is 0 Å². The molecule has 0 fully saturated rings. The van der Waals surface area contributed by atoms with Gasteiger partial charge in [-0.1, -0.05) is 60.7 Å².